The Morgan fingerprint density at radius 3 is 2.57 bits per heavy atom. The molecule has 0 bridgehead atoms. The van der Waals surface area contributed by atoms with E-state index in [1.165, 1.54) is 0 Å². The molecule has 1 aliphatic rings. The Morgan fingerprint density at radius 1 is 1.71 bits per heavy atom. The molecule has 0 radical (unpaired) electrons. The maximum absolute atomic E-state index is 8.87. The molecule has 0 saturated carbocycles. The van der Waals surface area contributed by atoms with E-state index in [1.54, 1.807) is 0 Å². The monoisotopic (exact) mass is 102 g/mol. The van der Waals surface area contributed by atoms with Crippen molar-refractivity contribution in [3.8, 4) is 0 Å². The normalized spacial score (nSPS) is 42.0. The second-order valence-corrected chi connectivity index (χ2v) is 2.34. The van der Waals surface area contributed by atoms with E-state index in [2.05, 4.69) is 12.2 Å². The van der Waals surface area contributed by atoms with Crippen LogP contribution in [0.25, 0.3) is 0 Å². The van der Waals surface area contributed by atoms with Crippen molar-refractivity contribution in [1.82, 2.24) is 0 Å². The van der Waals surface area contributed by atoms with E-state index in [4.69, 9.17) is 5.11 Å². The van der Waals surface area contributed by atoms with Gasteiger partial charge in [0.2, 0.25) is 0 Å². The highest BCUT2D eigenvalue weighted by Crippen LogP contribution is 1.95. The molecule has 1 saturated heterocycles. The van der Waals surface area contributed by atoms with E-state index >= 15 is 0 Å². The van der Waals surface area contributed by atoms with Gasteiger partial charge in [0.15, 0.2) is 0 Å². The molecular weight excluding hydrogens is 90.1 g/mol. The highest BCUT2D eigenvalue weighted by atomic mass is 16.3. The predicted molar refractivity (Wildman–Crippen MR) is 26.9 cm³/mol. The van der Waals surface area contributed by atoms with Gasteiger partial charge < -0.3 is 10.4 Å². The smallest absolute Gasteiger partial charge is 0.108 e. The molecule has 1 fully saturated rings. The maximum Gasteiger partial charge on any atom is 0.108 e. The standard InChI is InChI=1S/C5H11NO/c1-4-2-5(7)3-6-4/h4-7H,2-3H2,1H3/p+1. The molecule has 1 rings (SSSR count). The number of rotatable bonds is 0. The minimum atomic E-state index is -0.0324. The van der Waals surface area contributed by atoms with Crippen LogP contribution in [0, 0.1) is 0 Å². The third-order valence-corrected chi connectivity index (χ3v) is 1.45. The molecule has 0 aromatic heterocycles. The summed E-state index contributed by atoms with van der Waals surface area (Å²) in [5.74, 6) is 0. The largest absolute Gasteiger partial charge is 0.387 e. The Morgan fingerprint density at radius 2 is 2.43 bits per heavy atom. The third kappa shape index (κ3) is 1.14. The topological polar surface area (TPSA) is 36.8 Å². The average Bonchev–Trinajstić information content (AvgIpc) is 1.87. The molecule has 3 N–H and O–H groups in total. The summed E-state index contributed by atoms with van der Waals surface area (Å²) in [5.41, 5.74) is 0. The fraction of sp³-hybridized carbons (Fsp3) is 1.00. The van der Waals surface area contributed by atoms with E-state index in [1.807, 2.05) is 0 Å². The summed E-state index contributed by atoms with van der Waals surface area (Å²) in [7, 11) is 0. The number of quaternary nitrogens is 1. The number of aliphatic hydroxyl groups excluding tert-OH is 1. The molecule has 42 valence electrons. The van der Waals surface area contributed by atoms with Gasteiger partial charge in [-0.05, 0) is 6.92 Å². The van der Waals surface area contributed by atoms with E-state index in [0.717, 1.165) is 13.0 Å². The zero-order valence-electron chi connectivity index (χ0n) is 4.59. The van der Waals surface area contributed by atoms with Crippen LogP contribution in [0.2, 0.25) is 0 Å². The van der Waals surface area contributed by atoms with E-state index in [-0.39, 0.29) is 6.10 Å². The van der Waals surface area contributed by atoms with E-state index < -0.39 is 0 Å². The minimum Gasteiger partial charge on any atom is -0.387 e. The molecule has 1 aliphatic heterocycles. The van der Waals surface area contributed by atoms with Gasteiger partial charge in [-0.1, -0.05) is 0 Å². The van der Waals surface area contributed by atoms with Crippen LogP contribution in [0.1, 0.15) is 13.3 Å². The Bertz CT molecular complexity index is 57.1. The summed E-state index contributed by atoms with van der Waals surface area (Å²) in [4.78, 5) is 0. The molecule has 2 unspecified atom stereocenters. The second-order valence-electron chi connectivity index (χ2n) is 2.34. The third-order valence-electron chi connectivity index (χ3n) is 1.45. The lowest BCUT2D eigenvalue weighted by Gasteiger charge is -1.91. The van der Waals surface area contributed by atoms with Crippen LogP contribution in [-0.2, 0) is 0 Å². The molecule has 2 atom stereocenters. The van der Waals surface area contributed by atoms with Crippen molar-refractivity contribution in [2.24, 2.45) is 0 Å². The molecule has 2 heteroatoms. The lowest BCUT2D eigenvalue weighted by atomic mass is 10.2. The molecule has 7 heavy (non-hydrogen) atoms. The highest BCUT2D eigenvalue weighted by molar-refractivity contribution is 4.62. The van der Waals surface area contributed by atoms with Gasteiger partial charge in [-0.15, -0.1) is 0 Å². The van der Waals surface area contributed by atoms with Crippen LogP contribution in [0.4, 0.5) is 0 Å². The number of hydrogen-bond donors (Lipinski definition) is 2. The molecular formula is C5H12NO+. The van der Waals surface area contributed by atoms with Crippen LogP contribution in [0.15, 0.2) is 0 Å². The van der Waals surface area contributed by atoms with Gasteiger partial charge >= 0.3 is 0 Å². The van der Waals surface area contributed by atoms with Gasteiger partial charge in [0, 0.05) is 6.42 Å². The van der Waals surface area contributed by atoms with E-state index in [0.29, 0.717) is 6.04 Å². The molecule has 2 nitrogen and oxygen atoms in total. The first-order chi connectivity index (χ1) is 3.29. The number of nitrogens with two attached hydrogens (primary N) is 1. The Labute approximate surface area is 43.5 Å². The molecule has 0 aliphatic carbocycles. The minimum absolute atomic E-state index is 0.0324. The van der Waals surface area contributed by atoms with Crippen molar-refractivity contribution in [2.45, 2.75) is 25.5 Å². The van der Waals surface area contributed by atoms with E-state index in [9.17, 15) is 0 Å². The van der Waals surface area contributed by atoms with Crippen LogP contribution < -0.4 is 5.32 Å². The van der Waals surface area contributed by atoms with Gasteiger partial charge in [-0.25, -0.2) is 0 Å². The van der Waals surface area contributed by atoms with Gasteiger partial charge in [0.05, 0.1) is 6.04 Å². The summed E-state index contributed by atoms with van der Waals surface area (Å²) >= 11 is 0. The zero-order chi connectivity index (χ0) is 5.28. The first kappa shape index (κ1) is 5.06. The maximum atomic E-state index is 8.87. The average molecular weight is 102 g/mol. The van der Waals surface area contributed by atoms with Gasteiger partial charge in [0.1, 0.15) is 12.6 Å². The van der Waals surface area contributed by atoms with Crippen molar-refractivity contribution in [3.63, 3.8) is 0 Å². The quantitative estimate of drug-likeness (QED) is 0.392. The lowest BCUT2D eigenvalue weighted by molar-refractivity contribution is -0.668. The van der Waals surface area contributed by atoms with Crippen LogP contribution >= 0.6 is 0 Å². The fourth-order valence-electron chi connectivity index (χ4n) is 1.01. The Hall–Kier alpha value is -0.0800. The van der Waals surface area contributed by atoms with Crippen LogP contribution in [-0.4, -0.2) is 23.8 Å². The fourth-order valence-corrected chi connectivity index (χ4v) is 1.01. The van der Waals surface area contributed by atoms with Gasteiger partial charge in [-0.3, -0.25) is 0 Å². The van der Waals surface area contributed by atoms with Crippen LogP contribution in [0.3, 0.4) is 0 Å². The molecule has 0 amide bonds. The summed E-state index contributed by atoms with van der Waals surface area (Å²) in [6.45, 7) is 3.04. The highest BCUT2D eigenvalue weighted by Gasteiger charge is 2.21. The van der Waals surface area contributed by atoms with Gasteiger partial charge in [-0.2, -0.15) is 0 Å². The zero-order valence-corrected chi connectivity index (χ0v) is 4.59. The van der Waals surface area contributed by atoms with Crippen molar-refractivity contribution < 1.29 is 10.4 Å². The van der Waals surface area contributed by atoms with Crippen molar-refractivity contribution in [2.75, 3.05) is 6.54 Å². The van der Waals surface area contributed by atoms with Crippen LogP contribution in [0.5, 0.6) is 0 Å². The molecule has 0 spiro atoms. The summed E-state index contributed by atoms with van der Waals surface area (Å²) in [5, 5.41) is 11.0. The molecule has 0 aromatic rings. The number of hydrogen-bond acceptors (Lipinski definition) is 1. The first-order valence-electron chi connectivity index (χ1n) is 2.80. The Balaban J connectivity index is 2.26. The van der Waals surface area contributed by atoms with Crippen molar-refractivity contribution in [1.29, 1.82) is 0 Å². The lowest BCUT2D eigenvalue weighted by Crippen LogP contribution is -2.86. The van der Waals surface area contributed by atoms with Crippen molar-refractivity contribution >= 4 is 0 Å². The predicted octanol–water partition coefficient (Wildman–Crippen LogP) is -1.30. The summed E-state index contributed by atoms with van der Waals surface area (Å²) in [6.07, 6.45) is 0.940. The second kappa shape index (κ2) is 1.80. The van der Waals surface area contributed by atoms with Gasteiger partial charge in [0.25, 0.3) is 0 Å². The first-order valence-corrected chi connectivity index (χ1v) is 2.80. The molecule has 0 aromatic carbocycles. The summed E-state index contributed by atoms with van der Waals surface area (Å²) < 4.78 is 0. The SMILES string of the molecule is CC1CC(O)C[NH2+]1. The number of aliphatic hydroxyl groups is 1. The Kier molecular flexibility index (Phi) is 1.30. The molecule has 1 heterocycles. The van der Waals surface area contributed by atoms with Crippen molar-refractivity contribution in [3.05, 3.63) is 0 Å². The summed E-state index contributed by atoms with van der Waals surface area (Å²) in [6, 6.07) is 0.648.